The highest BCUT2D eigenvalue weighted by Gasteiger charge is 2.40. The average Bonchev–Trinajstić information content (AvgIpc) is 2.96. The molecule has 0 aliphatic heterocycles. The fourth-order valence-corrected chi connectivity index (χ4v) is 2.02. The topological polar surface area (TPSA) is 55.1 Å². The van der Waals surface area contributed by atoms with Gasteiger partial charge in [0.2, 0.25) is 5.91 Å². The predicted molar refractivity (Wildman–Crippen MR) is 65.5 cm³/mol. The van der Waals surface area contributed by atoms with Crippen molar-refractivity contribution < 1.29 is 4.79 Å². The predicted octanol–water partition coefficient (Wildman–Crippen LogP) is 1.61. The second-order valence-electron chi connectivity index (χ2n) is 4.43. The molecule has 0 saturated heterocycles. The maximum atomic E-state index is 11.7. The van der Waals surface area contributed by atoms with Gasteiger partial charge < -0.3 is 11.1 Å². The Bertz CT molecular complexity index is 261. The summed E-state index contributed by atoms with van der Waals surface area (Å²) >= 11 is 4.86. The summed E-state index contributed by atoms with van der Waals surface area (Å²) < 4.78 is 0. The molecule has 0 spiro atoms. The van der Waals surface area contributed by atoms with Crippen molar-refractivity contribution in [2.75, 3.05) is 6.54 Å². The van der Waals surface area contributed by atoms with Crippen LogP contribution in [0.2, 0.25) is 0 Å². The Morgan fingerprint density at radius 2 is 2.13 bits per heavy atom. The number of hydrogen-bond donors (Lipinski definition) is 2. The van der Waals surface area contributed by atoms with Gasteiger partial charge in [-0.1, -0.05) is 26.1 Å². The normalized spacial score (nSPS) is 19.3. The van der Waals surface area contributed by atoms with Crippen molar-refractivity contribution in [3.63, 3.8) is 0 Å². The molecule has 4 heteroatoms. The Hall–Kier alpha value is -0.640. The van der Waals surface area contributed by atoms with Gasteiger partial charge in [-0.15, -0.1) is 0 Å². The van der Waals surface area contributed by atoms with Crippen molar-refractivity contribution in [3.05, 3.63) is 0 Å². The highest BCUT2D eigenvalue weighted by atomic mass is 32.1. The largest absolute Gasteiger partial charge is 0.393 e. The number of hydrogen-bond acceptors (Lipinski definition) is 2. The molecule has 3 nitrogen and oxygen atoms in total. The fraction of sp³-hybridized carbons (Fsp3) is 0.818. The molecule has 1 atom stereocenters. The molecule has 0 radical (unpaired) electrons. The van der Waals surface area contributed by atoms with Crippen LogP contribution in [0.3, 0.4) is 0 Å². The quantitative estimate of drug-likeness (QED) is 0.679. The van der Waals surface area contributed by atoms with Crippen LogP contribution < -0.4 is 11.1 Å². The molecule has 86 valence electrons. The summed E-state index contributed by atoms with van der Waals surface area (Å²) in [6.07, 6.45) is 4.28. The van der Waals surface area contributed by atoms with E-state index in [1.165, 1.54) is 12.8 Å². The number of carbonyl (C=O) groups is 1. The zero-order chi connectivity index (χ0) is 11.5. The molecular weight excluding hydrogens is 208 g/mol. The summed E-state index contributed by atoms with van der Waals surface area (Å²) in [6, 6.07) is 0. The smallest absolute Gasteiger partial charge is 0.229 e. The van der Waals surface area contributed by atoms with Crippen LogP contribution in [0, 0.1) is 11.3 Å². The summed E-state index contributed by atoms with van der Waals surface area (Å²) in [5.74, 6) is -0.308. The van der Waals surface area contributed by atoms with Gasteiger partial charge >= 0.3 is 0 Å². The van der Waals surface area contributed by atoms with E-state index in [4.69, 9.17) is 18.0 Å². The monoisotopic (exact) mass is 228 g/mol. The van der Waals surface area contributed by atoms with Gasteiger partial charge in [-0.2, -0.15) is 0 Å². The van der Waals surface area contributed by atoms with Crippen LogP contribution in [0.4, 0.5) is 0 Å². The average molecular weight is 228 g/mol. The second-order valence-corrected chi connectivity index (χ2v) is 4.91. The van der Waals surface area contributed by atoms with Crippen LogP contribution >= 0.6 is 12.2 Å². The number of carbonyl (C=O) groups excluding carboxylic acids is 1. The Morgan fingerprint density at radius 1 is 1.53 bits per heavy atom. The van der Waals surface area contributed by atoms with Crippen molar-refractivity contribution in [2.45, 2.75) is 39.5 Å². The fourth-order valence-electron chi connectivity index (χ4n) is 1.75. The highest BCUT2D eigenvalue weighted by molar-refractivity contribution is 7.80. The summed E-state index contributed by atoms with van der Waals surface area (Å²) in [7, 11) is 0. The van der Waals surface area contributed by atoms with Crippen molar-refractivity contribution in [3.8, 4) is 0 Å². The van der Waals surface area contributed by atoms with E-state index in [9.17, 15) is 4.79 Å². The van der Waals surface area contributed by atoms with Gasteiger partial charge in [-0.05, 0) is 31.1 Å². The molecule has 0 aromatic carbocycles. The first-order valence-electron chi connectivity index (χ1n) is 5.61. The van der Waals surface area contributed by atoms with Crippen molar-refractivity contribution >= 4 is 23.1 Å². The number of thiocarbonyl (C=S) groups is 1. The van der Waals surface area contributed by atoms with Crippen LogP contribution in [0.25, 0.3) is 0 Å². The van der Waals surface area contributed by atoms with Crippen LogP contribution in [0.1, 0.15) is 39.5 Å². The Labute approximate surface area is 96.8 Å². The molecule has 15 heavy (non-hydrogen) atoms. The van der Waals surface area contributed by atoms with Gasteiger partial charge in [0, 0.05) is 6.54 Å². The van der Waals surface area contributed by atoms with Gasteiger partial charge in [0.15, 0.2) is 0 Å². The number of amides is 1. The van der Waals surface area contributed by atoms with Crippen molar-refractivity contribution in [2.24, 2.45) is 17.1 Å². The standard InChI is InChI=1S/C11H20N2OS/c1-3-8(9(12)15)10(14)13-7-11(4-2)5-6-11/h8H,3-7H2,1-2H3,(H2,12,15)(H,13,14). The van der Waals surface area contributed by atoms with E-state index in [0.29, 0.717) is 16.8 Å². The minimum absolute atomic E-state index is 0.00951. The lowest BCUT2D eigenvalue weighted by Crippen LogP contribution is -2.39. The van der Waals surface area contributed by atoms with Crippen molar-refractivity contribution in [1.82, 2.24) is 5.32 Å². The van der Waals surface area contributed by atoms with E-state index in [0.717, 1.165) is 13.0 Å². The van der Waals surface area contributed by atoms with Crippen LogP contribution in [-0.2, 0) is 4.79 Å². The maximum absolute atomic E-state index is 11.7. The Kier molecular flexibility index (Phi) is 4.08. The SMILES string of the molecule is CCC(C(=O)NCC1(CC)CC1)C(N)=S. The molecule has 3 N–H and O–H groups in total. The summed E-state index contributed by atoms with van der Waals surface area (Å²) in [5, 5.41) is 2.96. The molecule has 0 heterocycles. The molecule has 0 aromatic heterocycles. The molecule has 1 rings (SSSR count). The summed E-state index contributed by atoms with van der Waals surface area (Å²) in [6.45, 7) is 4.88. The summed E-state index contributed by atoms with van der Waals surface area (Å²) in [4.78, 5) is 12.0. The third kappa shape index (κ3) is 3.16. The molecule has 0 aromatic rings. The Morgan fingerprint density at radius 3 is 2.47 bits per heavy atom. The minimum Gasteiger partial charge on any atom is -0.393 e. The molecule has 1 saturated carbocycles. The van der Waals surface area contributed by atoms with Gasteiger partial charge in [-0.25, -0.2) is 0 Å². The van der Waals surface area contributed by atoms with E-state index in [-0.39, 0.29) is 11.8 Å². The van der Waals surface area contributed by atoms with Gasteiger partial charge in [0.1, 0.15) is 0 Å². The third-order valence-electron chi connectivity index (χ3n) is 3.41. The maximum Gasteiger partial charge on any atom is 0.229 e. The molecule has 1 unspecified atom stereocenters. The second kappa shape index (κ2) is 4.92. The Balaban J connectivity index is 2.38. The molecule has 1 fully saturated rings. The molecule has 1 aliphatic carbocycles. The molecule has 1 aliphatic rings. The minimum atomic E-state index is -0.298. The first-order valence-corrected chi connectivity index (χ1v) is 6.02. The van der Waals surface area contributed by atoms with E-state index < -0.39 is 0 Å². The van der Waals surface area contributed by atoms with E-state index in [2.05, 4.69) is 12.2 Å². The molecule has 1 amide bonds. The third-order valence-corrected chi connectivity index (χ3v) is 3.70. The van der Waals surface area contributed by atoms with E-state index in [1.807, 2.05) is 6.92 Å². The van der Waals surface area contributed by atoms with Gasteiger partial charge in [0.25, 0.3) is 0 Å². The molecular formula is C11H20N2OS. The zero-order valence-corrected chi connectivity index (χ0v) is 10.3. The number of nitrogens with two attached hydrogens (primary N) is 1. The first kappa shape index (κ1) is 12.4. The van der Waals surface area contributed by atoms with Crippen LogP contribution in [0.5, 0.6) is 0 Å². The number of rotatable bonds is 6. The van der Waals surface area contributed by atoms with E-state index >= 15 is 0 Å². The molecule has 0 bridgehead atoms. The van der Waals surface area contributed by atoms with Gasteiger partial charge in [-0.3, -0.25) is 4.79 Å². The summed E-state index contributed by atoms with van der Waals surface area (Å²) in [5.41, 5.74) is 5.89. The lowest BCUT2D eigenvalue weighted by Gasteiger charge is -2.17. The highest BCUT2D eigenvalue weighted by Crippen LogP contribution is 2.47. The van der Waals surface area contributed by atoms with Gasteiger partial charge in [0.05, 0.1) is 10.9 Å². The lowest BCUT2D eigenvalue weighted by molar-refractivity contribution is -0.123. The number of nitrogens with one attached hydrogen (secondary N) is 1. The lowest BCUT2D eigenvalue weighted by atomic mass is 10.0. The van der Waals surface area contributed by atoms with Crippen LogP contribution in [0.15, 0.2) is 0 Å². The van der Waals surface area contributed by atoms with E-state index in [1.54, 1.807) is 0 Å². The zero-order valence-electron chi connectivity index (χ0n) is 9.51. The van der Waals surface area contributed by atoms with Crippen LogP contribution in [-0.4, -0.2) is 17.4 Å². The van der Waals surface area contributed by atoms with Crippen molar-refractivity contribution in [1.29, 1.82) is 0 Å². The first-order chi connectivity index (χ1) is 7.04.